The number of nitrogens with one attached hydrogen (secondary N) is 3. The van der Waals surface area contributed by atoms with Crippen LogP contribution in [0.15, 0.2) is 24.3 Å². The highest BCUT2D eigenvalue weighted by Crippen LogP contribution is 2.34. The molecule has 6 N–H and O–H groups in total. The van der Waals surface area contributed by atoms with Crippen molar-refractivity contribution in [2.75, 3.05) is 6.61 Å². The zero-order valence-electron chi connectivity index (χ0n) is 20.6. The van der Waals surface area contributed by atoms with Crippen molar-refractivity contribution in [3.8, 4) is 0 Å². The van der Waals surface area contributed by atoms with Crippen LogP contribution in [0.2, 0.25) is 0 Å². The van der Waals surface area contributed by atoms with Gasteiger partial charge in [0.1, 0.15) is 24.6 Å². The topological polar surface area (TPSA) is 207 Å². The Kier molecular flexibility index (Phi) is 11.5. The van der Waals surface area contributed by atoms with E-state index in [0.29, 0.717) is 12.0 Å². The number of amides is 2. The lowest BCUT2D eigenvalue weighted by atomic mass is 9.85. The second kappa shape index (κ2) is 13.6. The third kappa shape index (κ3) is 8.72. The second-order valence-electron chi connectivity index (χ2n) is 8.32. The molecule has 1 fully saturated rings. The van der Waals surface area contributed by atoms with Gasteiger partial charge in [-0.3, -0.25) is 24.6 Å². The first-order valence-corrected chi connectivity index (χ1v) is 11.1. The van der Waals surface area contributed by atoms with Crippen LogP contribution in [0.3, 0.4) is 0 Å². The van der Waals surface area contributed by atoms with Crippen molar-refractivity contribution < 1.29 is 43.3 Å². The van der Waals surface area contributed by atoms with Crippen LogP contribution < -0.4 is 16.4 Å². The summed E-state index contributed by atoms with van der Waals surface area (Å²) in [6.45, 7) is 2.84. The number of nitrogen functional groups attached to an aromatic ring is 1. The number of nitrogens with two attached hydrogens (primary N) is 1. The fourth-order valence-electron chi connectivity index (χ4n) is 3.82. The lowest BCUT2D eigenvalue weighted by Crippen LogP contribution is -2.67. The Morgan fingerprint density at radius 2 is 1.68 bits per heavy atom. The van der Waals surface area contributed by atoms with Gasteiger partial charge in [0.2, 0.25) is 5.91 Å². The Balaban J connectivity index is 0.00000684. The summed E-state index contributed by atoms with van der Waals surface area (Å²) in [5.41, 5.74) is 4.21. The number of ether oxygens (including phenoxy) is 3. The molecule has 0 heterocycles. The van der Waals surface area contributed by atoms with E-state index in [-0.39, 0.29) is 36.6 Å². The van der Waals surface area contributed by atoms with Gasteiger partial charge in [0.05, 0.1) is 0 Å². The average molecular weight is 543 g/mol. The van der Waals surface area contributed by atoms with Crippen LogP contribution >= 0.6 is 12.4 Å². The normalized spacial score (nSPS) is 21.4. The number of benzene rings is 1. The van der Waals surface area contributed by atoms with E-state index in [9.17, 15) is 29.1 Å². The van der Waals surface area contributed by atoms with Crippen molar-refractivity contribution in [3.63, 3.8) is 0 Å². The third-order valence-corrected chi connectivity index (χ3v) is 5.43. The predicted octanol–water partition coefficient (Wildman–Crippen LogP) is 0.472. The Morgan fingerprint density at radius 3 is 2.19 bits per heavy atom. The van der Waals surface area contributed by atoms with Crippen LogP contribution in [0.1, 0.15) is 56.0 Å². The molecule has 1 saturated carbocycles. The smallest absolute Gasteiger partial charge is 0.329 e. The number of hydrogen-bond donors (Lipinski definition) is 5. The van der Waals surface area contributed by atoms with Gasteiger partial charge in [-0.2, -0.15) is 0 Å². The molecule has 1 aromatic carbocycles. The Hall–Kier alpha value is -3.71. The van der Waals surface area contributed by atoms with Crippen molar-refractivity contribution in [1.29, 1.82) is 5.41 Å². The van der Waals surface area contributed by atoms with Gasteiger partial charge in [0, 0.05) is 25.0 Å². The molecule has 0 aliphatic heterocycles. The third-order valence-electron chi connectivity index (χ3n) is 5.43. The molecule has 4 atom stereocenters. The van der Waals surface area contributed by atoms with Crippen molar-refractivity contribution in [2.24, 2.45) is 5.73 Å². The molecule has 1 aliphatic carbocycles. The highest BCUT2D eigenvalue weighted by molar-refractivity contribution is 5.99. The van der Waals surface area contributed by atoms with Crippen molar-refractivity contribution in [2.45, 2.75) is 64.0 Å². The van der Waals surface area contributed by atoms with Crippen LogP contribution in [-0.4, -0.2) is 71.2 Å². The molecule has 2 rings (SSSR count). The van der Waals surface area contributed by atoms with Crippen molar-refractivity contribution in [3.05, 3.63) is 35.4 Å². The summed E-state index contributed by atoms with van der Waals surface area (Å²) >= 11 is 0. The summed E-state index contributed by atoms with van der Waals surface area (Å²) in [5, 5.41) is 21.7. The number of esters is 2. The summed E-state index contributed by atoms with van der Waals surface area (Å²) in [5.74, 6) is -4.26. The summed E-state index contributed by atoms with van der Waals surface area (Å²) in [7, 11) is 0. The monoisotopic (exact) mass is 542 g/mol. The molecule has 13 nitrogen and oxygen atoms in total. The Labute approximate surface area is 219 Å². The van der Waals surface area contributed by atoms with Gasteiger partial charge in [0.15, 0.2) is 11.8 Å². The van der Waals surface area contributed by atoms with E-state index < -0.39 is 60.3 Å². The summed E-state index contributed by atoms with van der Waals surface area (Å²) in [6, 6.07) is 4.73. The van der Waals surface area contributed by atoms with Crippen LogP contribution in [0.25, 0.3) is 0 Å². The number of carboxylic acids is 1. The number of carboxylic acid groups (broad SMARTS) is 1. The minimum atomic E-state index is -1.83. The van der Waals surface area contributed by atoms with Gasteiger partial charge < -0.3 is 35.7 Å². The molecule has 0 spiro atoms. The van der Waals surface area contributed by atoms with Crippen LogP contribution in [0, 0.1) is 5.41 Å². The SMILES string of the molecule is CC(=O)OC1CCCC(NC(=O)[C@H](C)NC(=O)c2ccc(C(=N)N)cc2)(OCC(=O)O)C1OC(C)=O.Cl. The lowest BCUT2D eigenvalue weighted by molar-refractivity contribution is -0.224. The number of halogens is 1. The molecule has 1 aromatic rings. The maximum absolute atomic E-state index is 13.1. The summed E-state index contributed by atoms with van der Waals surface area (Å²) in [4.78, 5) is 60.4. The minimum absolute atomic E-state index is 0. The van der Waals surface area contributed by atoms with Gasteiger partial charge in [-0.15, -0.1) is 12.4 Å². The van der Waals surface area contributed by atoms with E-state index in [4.69, 9.17) is 25.4 Å². The zero-order valence-corrected chi connectivity index (χ0v) is 21.4. The Morgan fingerprint density at radius 1 is 1.11 bits per heavy atom. The lowest BCUT2D eigenvalue weighted by Gasteiger charge is -2.46. The van der Waals surface area contributed by atoms with E-state index in [1.165, 1.54) is 38.1 Å². The average Bonchev–Trinajstić information content (AvgIpc) is 2.79. The maximum Gasteiger partial charge on any atom is 0.329 e. The molecule has 2 amide bonds. The Bertz CT molecular complexity index is 1030. The van der Waals surface area contributed by atoms with Crippen LogP contribution in [0.4, 0.5) is 0 Å². The van der Waals surface area contributed by atoms with Gasteiger partial charge in [-0.25, -0.2) is 4.79 Å². The second-order valence-corrected chi connectivity index (χ2v) is 8.32. The van der Waals surface area contributed by atoms with Gasteiger partial charge >= 0.3 is 17.9 Å². The highest BCUT2D eigenvalue weighted by Gasteiger charge is 2.52. The standard InChI is InChI=1S/C23H30N4O9.ClH/c1-12(26-22(33)16-8-6-15(7-9-16)20(24)25)21(32)27-23(34-11-18(30)31)10-4-5-17(35-13(2)28)19(23)36-14(3)29;/h6-9,12,17,19H,4-5,10-11H2,1-3H3,(H3,24,25)(H,26,33)(H,27,32)(H,30,31);1H/t12-,17?,19?,23?;/m0./s1. The fraction of sp³-hybridized carbons (Fsp3) is 0.478. The quantitative estimate of drug-likeness (QED) is 0.119. The van der Waals surface area contributed by atoms with Crippen molar-refractivity contribution in [1.82, 2.24) is 10.6 Å². The van der Waals surface area contributed by atoms with Crippen molar-refractivity contribution >= 4 is 48.0 Å². The summed E-state index contributed by atoms with van der Waals surface area (Å²) in [6.07, 6.45) is -1.65. The first kappa shape index (κ1) is 31.3. The first-order chi connectivity index (χ1) is 16.8. The van der Waals surface area contributed by atoms with Crippen LogP contribution in [0.5, 0.6) is 0 Å². The van der Waals surface area contributed by atoms with Gasteiger partial charge in [-0.05, 0) is 38.3 Å². The first-order valence-electron chi connectivity index (χ1n) is 11.1. The fourth-order valence-corrected chi connectivity index (χ4v) is 3.82. The molecule has 1 aliphatic rings. The highest BCUT2D eigenvalue weighted by atomic mass is 35.5. The van der Waals surface area contributed by atoms with E-state index in [2.05, 4.69) is 10.6 Å². The van der Waals surface area contributed by atoms with E-state index in [1.807, 2.05) is 0 Å². The number of rotatable bonds is 10. The number of aliphatic carboxylic acids is 1. The molecular weight excluding hydrogens is 512 g/mol. The summed E-state index contributed by atoms with van der Waals surface area (Å²) < 4.78 is 16.2. The number of amidine groups is 1. The molecule has 0 radical (unpaired) electrons. The number of hydrogen-bond acceptors (Lipinski definition) is 9. The zero-order chi connectivity index (χ0) is 27.0. The molecular formula is C23H31ClN4O9. The van der Waals surface area contributed by atoms with E-state index in [1.54, 1.807) is 0 Å². The van der Waals surface area contributed by atoms with Gasteiger partial charge in [0.25, 0.3) is 5.91 Å². The maximum atomic E-state index is 13.1. The largest absolute Gasteiger partial charge is 0.480 e. The number of carbonyl (C=O) groups excluding carboxylic acids is 4. The van der Waals surface area contributed by atoms with Crippen LogP contribution in [-0.2, 0) is 33.4 Å². The predicted molar refractivity (Wildman–Crippen MR) is 131 cm³/mol. The molecule has 204 valence electrons. The molecule has 0 aromatic heterocycles. The van der Waals surface area contributed by atoms with E-state index in [0.717, 1.165) is 6.92 Å². The number of carbonyl (C=O) groups is 5. The molecule has 3 unspecified atom stereocenters. The minimum Gasteiger partial charge on any atom is -0.480 e. The van der Waals surface area contributed by atoms with Gasteiger partial charge in [-0.1, -0.05) is 12.1 Å². The molecule has 0 bridgehead atoms. The molecule has 37 heavy (non-hydrogen) atoms. The molecule has 14 heteroatoms. The van der Waals surface area contributed by atoms with E-state index >= 15 is 0 Å². The molecule has 0 saturated heterocycles.